The first-order valence-electron chi connectivity index (χ1n) is 8.13. The van der Waals surface area contributed by atoms with Gasteiger partial charge in [0, 0.05) is 17.6 Å². The molecule has 25 heavy (non-hydrogen) atoms. The first-order chi connectivity index (χ1) is 11.7. The number of piperidine rings is 1. The van der Waals surface area contributed by atoms with Gasteiger partial charge in [-0.05, 0) is 55.6 Å². The Kier molecular flexibility index (Phi) is 5.01. The number of halogens is 1. The maximum absolute atomic E-state index is 12.0. The molecule has 1 fully saturated rings. The molecule has 1 saturated heterocycles. The van der Waals surface area contributed by atoms with Gasteiger partial charge in [0.25, 0.3) is 5.56 Å². The second kappa shape index (κ2) is 7.21. The molecular weight excluding hydrogens is 340 g/mol. The van der Waals surface area contributed by atoms with Crippen molar-refractivity contribution in [3.8, 4) is 5.69 Å². The van der Waals surface area contributed by atoms with E-state index in [0.29, 0.717) is 11.6 Å². The third-order valence-electron chi connectivity index (χ3n) is 4.60. The molecule has 130 valence electrons. The smallest absolute Gasteiger partial charge is 0.317 e. The Labute approximate surface area is 150 Å². The molecule has 7 heteroatoms. The summed E-state index contributed by atoms with van der Waals surface area (Å²) in [5.74, 6) is 0.565. The van der Waals surface area contributed by atoms with Crippen LogP contribution in [0.5, 0.6) is 0 Å². The lowest BCUT2D eigenvalue weighted by Gasteiger charge is -2.23. The van der Waals surface area contributed by atoms with Crippen LogP contribution in [0.1, 0.15) is 24.3 Å². The minimum Gasteiger partial charge on any atom is -0.317 e. The van der Waals surface area contributed by atoms with E-state index in [4.69, 9.17) is 0 Å². The van der Waals surface area contributed by atoms with Gasteiger partial charge in [0.1, 0.15) is 0 Å². The van der Waals surface area contributed by atoms with Crippen LogP contribution in [-0.2, 0) is 0 Å². The summed E-state index contributed by atoms with van der Waals surface area (Å²) >= 11 is 0. The first kappa shape index (κ1) is 17.4. The van der Waals surface area contributed by atoms with Crippen LogP contribution in [0.25, 0.3) is 16.6 Å². The van der Waals surface area contributed by atoms with E-state index in [1.165, 1.54) is 22.4 Å². The van der Waals surface area contributed by atoms with E-state index in [1.54, 1.807) is 6.20 Å². The highest BCUT2D eigenvalue weighted by atomic mass is 35.5. The predicted molar refractivity (Wildman–Crippen MR) is 100 cm³/mol. The molecule has 3 aromatic rings. The fraction of sp³-hybridized carbons (Fsp3) is 0.278. The number of hydrogen-bond acceptors (Lipinski definition) is 4. The van der Waals surface area contributed by atoms with Gasteiger partial charge in [0.05, 0.1) is 17.4 Å². The number of aromatic nitrogens is 3. The summed E-state index contributed by atoms with van der Waals surface area (Å²) in [6.07, 6.45) is 5.39. The summed E-state index contributed by atoms with van der Waals surface area (Å²) in [6, 6.07) is 9.62. The molecule has 0 saturated carbocycles. The van der Waals surface area contributed by atoms with Crippen LogP contribution in [-0.4, -0.2) is 27.6 Å². The molecule has 2 aromatic heterocycles. The average Bonchev–Trinajstić information content (AvgIpc) is 2.61. The largest absolute Gasteiger partial charge is 0.332 e. The number of aromatic amines is 1. The molecule has 3 heterocycles. The van der Waals surface area contributed by atoms with Gasteiger partial charge in [-0.25, -0.2) is 4.79 Å². The van der Waals surface area contributed by atoms with Crippen molar-refractivity contribution in [2.45, 2.75) is 18.8 Å². The molecule has 1 aliphatic heterocycles. The fourth-order valence-corrected chi connectivity index (χ4v) is 3.30. The summed E-state index contributed by atoms with van der Waals surface area (Å²) in [7, 11) is 0. The first-order valence-corrected chi connectivity index (χ1v) is 8.13. The molecule has 0 bridgehead atoms. The van der Waals surface area contributed by atoms with E-state index in [2.05, 4.69) is 27.4 Å². The zero-order chi connectivity index (χ0) is 16.5. The molecule has 4 rings (SSSR count). The second-order valence-electron chi connectivity index (χ2n) is 6.15. The van der Waals surface area contributed by atoms with Gasteiger partial charge < -0.3 is 5.32 Å². The van der Waals surface area contributed by atoms with E-state index in [9.17, 15) is 9.59 Å². The Morgan fingerprint density at radius 1 is 1.08 bits per heavy atom. The Hall–Kier alpha value is -2.44. The molecule has 0 radical (unpaired) electrons. The normalized spacial score (nSPS) is 15.0. The van der Waals surface area contributed by atoms with E-state index in [0.717, 1.165) is 36.8 Å². The molecule has 2 N–H and O–H groups in total. The highest BCUT2D eigenvalue weighted by Gasteiger charge is 2.15. The summed E-state index contributed by atoms with van der Waals surface area (Å²) in [4.78, 5) is 29.9. The number of H-pyrrole nitrogens is 1. The van der Waals surface area contributed by atoms with E-state index in [1.807, 2.05) is 12.1 Å². The van der Waals surface area contributed by atoms with Crippen LogP contribution in [0.2, 0.25) is 0 Å². The molecular formula is C18H19ClN4O2. The maximum Gasteiger partial charge on any atom is 0.332 e. The molecule has 0 spiro atoms. The van der Waals surface area contributed by atoms with Crippen molar-refractivity contribution in [1.82, 2.24) is 19.9 Å². The fourth-order valence-electron chi connectivity index (χ4n) is 3.30. The second-order valence-corrected chi connectivity index (χ2v) is 6.15. The highest BCUT2D eigenvalue weighted by molar-refractivity contribution is 5.85. The highest BCUT2D eigenvalue weighted by Crippen LogP contribution is 2.28. The van der Waals surface area contributed by atoms with Gasteiger partial charge >= 0.3 is 5.69 Å². The van der Waals surface area contributed by atoms with Crippen LogP contribution < -0.4 is 16.6 Å². The predicted octanol–water partition coefficient (Wildman–Crippen LogP) is 1.96. The number of fused-ring (bicyclic) bond motifs is 1. The Bertz CT molecular complexity index is 1010. The monoisotopic (exact) mass is 358 g/mol. The van der Waals surface area contributed by atoms with Crippen LogP contribution in [0.4, 0.5) is 0 Å². The van der Waals surface area contributed by atoms with Gasteiger partial charge in [0.2, 0.25) is 0 Å². The molecule has 0 unspecified atom stereocenters. The van der Waals surface area contributed by atoms with E-state index in [-0.39, 0.29) is 12.4 Å². The van der Waals surface area contributed by atoms with Crippen molar-refractivity contribution in [1.29, 1.82) is 0 Å². The van der Waals surface area contributed by atoms with Crippen molar-refractivity contribution in [2.75, 3.05) is 13.1 Å². The average molecular weight is 359 g/mol. The minimum absolute atomic E-state index is 0. The third kappa shape index (κ3) is 3.50. The molecule has 0 aliphatic carbocycles. The van der Waals surface area contributed by atoms with Crippen molar-refractivity contribution < 1.29 is 0 Å². The molecule has 6 nitrogen and oxygen atoms in total. The van der Waals surface area contributed by atoms with Gasteiger partial charge in [-0.1, -0.05) is 6.07 Å². The van der Waals surface area contributed by atoms with Crippen LogP contribution >= 0.6 is 12.4 Å². The lowest BCUT2D eigenvalue weighted by Crippen LogP contribution is -2.27. The van der Waals surface area contributed by atoms with E-state index < -0.39 is 11.2 Å². The topological polar surface area (TPSA) is 79.8 Å². The summed E-state index contributed by atoms with van der Waals surface area (Å²) in [5, 5.41) is 4.39. The summed E-state index contributed by atoms with van der Waals surface area (Å²) in [6.45, 7) is 2.10. The quantitative estimate of drug-likeness (QED) is 0.734. The lowest BCUT2D eigenvalue weighted by molar-refractivity contribution is 0.460. The van der Waals surface area contributed by atoms with Crippen LogP contribution in [0, 0.1) is 0 Å². The summed E-state index contributed by atoms with van der Waals surface area (Å²) < 4.78 is 1.39. The number of rotatable bonds is 2. The zero-order valence-corrected chi connectivity index (χ0v) is 14.4. The lowest BCUT2D eigenvalue weighted by atomic mass is 9.89. The number of hydrogen-bond donors (Lipinski definition) is 2. The van der Waals surface area contributed by atoms with Crippen molar-refractivity contribution in [3.05, 3.63) is 69.1 Å². The minimum atomic E-state index is -0.460. The van der Waals surface area contributed by atoms with Crippen molar-refractivity contribution >= 4 is 23.3 Å². The number of nitrogens with one attached hydrogen (secondary N) is 2. The molecule has 0 amide bonds. The SMILES string of the molecule is Cl.O=c1ccn(-c2cnc3ccc(C4CCNCC4)cc3c2)c(=O)[nH]1. The number of pyridine rings is 1. The Morgan fingerprint density at radius 2 is 1.88 bits per heavy atom. The van der Waals surface area contributed by atoms with Crippen LogP contribution in [0.15, 0.2) is 52.3 Å². The van der Waals surface area contributed by atoms with Gasteiger partial charge in [-0.2, -0.15) is 0 Å². The molecule has 0 atom stereocenters. The van der Waals surface area contributed by atoms with E-state index >= 15 is 0 Å². The van der Waals surface area contributed by atoms with Gasteiger partial charge in [0.15, 0.2) is 0 Å². The third-order valence-corrected chi connectivity index (χ3v) is 4.60. The van der Waals surface area contributed by atoms with Crippen molar-refractivity contribution in [2.24, 2.45) is 0 Å². The zero-order valence-electron chi connectivity index (χ0n) is 13.6. The van der Waals surface area contributed by atoms with Crippen LogP contribution in [0.3, 0.4) is 0 Å². The summed E-state index contributed by atoms with van der Waals surface area (Å²) in [5.41, 5.74) is 1.99. The van der Waals surface area contributed by atoms with Gasteiger partial charge in [-0.15, -0.1) is 12.4 Å². The Balaban J connectivity index is 0.00000182. The number of benzene rings is 1. The maximum atomic E-state index is 12.0. The van der Waals surface area contributed by atoms with Crippen molar-refractivity contribution in [3.63, 3.8) is 0 Å². The van der Waals surface area contributed by atoms with Gasteiger partial charge in [-0.3, -0.25) is 19.3 Å². The standard InChI is InChI=1S/C18H18N4O2.ClH/c23-17-5-8-22(18(24)21-17)15-10-14-9-13(1-2-16(14)20-11-15)12-3-6-19-7-4-12;/h1-2,5,8-12,19H,3-4,6-7H2,(H,21,23,24);1H. The molecule has 1 aromatic carbocycles. The number of nitrogens with zero attached hydrogens (tertiary/aromatic N) is 2. The molecule has 1 aliphatic rings. The Morgan fingerprint density at radius 3 is 2.64 bits per heavy atom.